The van der Waals surface area contributed by atoms with Crippen LogP contribution in [0.4, 0.5) is 5.69 Å². The number of hydrogen-bond donors (Lipinski definition) is 0. The molecule has 6 heteroatoms. The molecule has 0 aromatic heterocycles. The van der Waals surface area contributed by atoms with Crippen LogP contribution in [-0.2, 0) is 10.0 Å². The Hall–Kier alpha value is -2.18. The van der Waals surface area contributed by atoms with E-state index < -0.39 is 10.0 Å². The summed E-state index contributed by atoms with van der Waals surface area (Å²) < 4.78 is 27.5. The molecule has 0 spiro atoms. The predicted octanol–water partition coefficient (Wildman–Crippen LogP) is 3.63. The minimum absolute atomic E-state index is 0.176. The Balaban J connectivity index is 1.79. The van der Waals surface area contributed by atoms with Gasteiger partial charge in [-0.25, -0.2) is 8.42 Å². The summed E-state index contributed by atoms with van der Waals surface area (Å²) in [6, 6.07) is 15.6. The molecular weight excluding hydrogens is 360 g/mol. The van der Waals surface area contributed by atoms with Gasteiger partial charge in [0.25, 0.3) is 5.91 Å². The molecule has 1 fully saturated rings. The largest absolute Gasteiger partial charge is 0.311 e. The number of hydrogen-bond acceptors (Lipinski definition) is 3. The molecule has 1 amide bonds. The highest BCUT2D eigenvalue weighted by atomic mass is 32.2. The van der Waals surface area contributed by atoms with Crippen LogP contribution in [0, 0.1) is 11.8 Å². The first-order chi connectivity index (χ1) is 12.8. The molecule has 144 valence electrons. The average Bonchev–Trinajstić information content (AvgIpc) is 2.67. The second-order valence-electron chi connectivity index (χ2n) is 7.49. The maximum Gasteiger partial charge on any atom is 0.258 e. The van der Waals surface area contributed by atoms with Crippen molar-refractivity contribution in [1.82, 2.24) is 4.31 Å². The lowest BCUT2D eigenvalue weighted by atomic mass is 9.94. The lowest BCUT2D eigenvalue weighted by Gasteiger charge is -2.34. The Morgan fingerprint density at radius 1 is 0.963 bits per heavy atom. The van der Waals surface area contributed by atoms with Crippen LogP contribution in [0.15, 0.2) is 59.5 Å². The van der Waals surface area contributed by atoms with Gasteiger partial charge in [0.1, 0.15) is 0 Å². The minimum Gasteiger partial charge on any atom is -0.311 e. The lowest BCUT2D eigenvalue weighted by molar-refractivity contribution is 0.0993. The summed E-state index contributed by atoms with van der Waals surface area (Å²) in [7, 11) is -1.83. The van der Waals surface area contributed by atoms with E-state index in [-0.39, 0.29) is 10.8 Å². The van der Waals surface area contributed by atoms with Crippen LogP contribution in [0.5, 0.6) is 0 Å². The molecule has 2 atom stereocenters. The Labute approximate surface area is 161 Å². The Bertz CT molecular complexity index is 885. The topological polar surface area (TPSA) is 57.7 Å². The lowest BCUT2D eigenvalue weighted by Crippen LogP contribution is -2.42. The number of piperidine rings is 1. The van der Waals surface area contributed by atoms with Crippen molar-refractivity contribution < 1.29 is 13.2 Å². The highest BCUT2D eigenvalue weighted by molar-refractivity contribution is 7.89. The van der Waals surface area contributed by atoms with Crippen molar-refractivity contribution in [2.75, 3.05) is 25.0 Å². The molecule has 1 aliphatic rings. The van der Waals surface area contributed by atoms with Crippen LogP contribution in [0.25, 0.3) is 0 Å². The summed E-state index contributed by atoms with van der Waals surface area (Å²) >= 11 is 0. The molecule has 0 saturated carbocycles. The van der Waals surface area contributed by atoms with Gasteiger partial charge in [0.15, 0.2) is 0 Å². The highest BCUT2D eigenvalue weighted by Crippen LogP contribution is 2.27. The number of amides is 1. The molecule has 0 radical (unpaired) electrons. The molecule has 0 aliphatic carbocycles. The molecule has 0 N–H and O–H groups in total. The van der Waals surface area contributed by atoms with Gasteiger partial charge in [0.05, 0.1) is 4.90 Å². The molecule has 1 heterocycles. The summed E-state index contributed by atoms with van der Waals surface area (Å²) in [6.07, 6.45) is 1.05. The molecule has 1 saturated heterocycles. The monoisotopic (exact) mass is 386 g/mol. The van der Waals surface area contributed by atoms with Gasteiger partial charge in [-0.2, -0.15) is 4.31 Å². The number of benzene rings is 2. The summed E-state index contributed by atoms with van der Waals surface area (Å²) in [4.78, 5) is 14.5. The third-order valence-electron chi connectivity index (χ3n) is 5.02. The summed E-state index contributed by atoms with van der Waals surface area (Å²) in [6.45, 7) is 5.26. The van der Waals surface area contributed by atoms with E-state index in [1.807, 2.05) is 30.3 Å². The van der Waals surface area contributed by atoms with Crippen molar-refractivity contribution in [3.05, 3.63) is 60.2 Å². The van der Waals surface area contributed by atoms with Crippen molar-refractivity contribution in [2.24, 2.45) is 11.8 Å². The van der Waals surface area contributed by atoms with E-state index in [0.29, 0.717) is 30.5 Å². The number of nitrogens with zero attached hydrogens (tertiary/aromatic N) is 2. The Morgan fingerprint density at radius 3 is 2.07 bits per heavy atom. The quantitative estimate of drug-likeness (QED) is 0.806. The van der Waals surface area contributed by atoms with Gasteiger partial charge in [-0.15, -0.1) is 0 Å². The van der Waals surface area contributed by atoms with Crippen LogP contribution in [0.2, 0.25) is 0 Å². The van der Waals surface area contributed by atoms with Crippen molar-refractivity contribution in [2.45, 2.75) is 25.2 Å². The van der Waals surface area contributed by atoms with E-state index in [9.17, 15) is 13.2 Å². The van der Waals surface area contributed by atoms with Gasteiger partial charge in [-0.3, -0.25) is 4.79 Å². The smallest absolute Gasteiger partial charge is 0.258 e. The number of rotatable bonds is 4. The molecule has 3 rings (SSSR count). The van der Waals surface area contributed by atoms with Crippen molar-refractivity contribution >= 4 is 21.6 Å². The van der Waals surface area contributed by atoms with Crippen molar-refractivity contribution in [3.63, 3.8) is 0 Å². The van der Waals surface area contributed by atoms with E-state index in [1.54, 1.807) is 28.4 Å². The summed E-state index contributed by atoms with van der Waals surface area (Å²) in [5.74, 6) is 0.526. The second-order valence-corrected chi connectivity index (χ2v) is 9.43. The zero-order chi connectivity index (χ0) is 19.6. The number of carbonyl (C=O) groups is 1. The maximum absolute atomic E-state index is 12.9. The molecular formula is C21H26N2O3S. The van der Waals surface area contributed by atoms with Gasteiger partial charge in [0, 0.05) is 31.4 Å². The van der Waals surface area contributed by atoms with Crippen LogP contribution >= 0.6 is 0 Å². The first-order valence-corrected chi connectivity index (χ1v) is 10.7. The average molecular weight is 387 g/mol. The molecule has 1 aliphatic heterocycles. The van der Waals surface area contributed by atoms with Crippen LogP contribution in [0.3, 0.4) is 0 Å². The third kappa shape index (κ3) is 4.22. The fourth-order valence-electron chi connectivity index (χ4n) is 3.68. The minimum atomic E-state index is -3.53. The van der Waals surface area contributed by atoms with Crippen molar-refractivity contribution in [3.8, 4) is 0 Å². The fourth-order valence-corrected chi connectivity index (χ4v) is 5.36. The number of carbonyl (C=O) groups excluding carboxylic acids is 1. The summed E-state index contributed by atoms with van der Waals surface area (Å²) in [5, 5.41) is 0. The zero-order valence-corrected chi connectivity index (χ0v) is 16.8. The molecule has 2 aromatic rings. The SMILES string of the molecule is C[C@H]1C[C@H](C)CN(S(=O)(=O)c2ccc(C(=O)N(C)c3ccccc3)cc2)C1. The zero-order valence-electron chi connectivity index (χ0n) is 16.0. The second kappa shape index (κ2) is 7.82. The van der Waals surface area contributed by atoms with Crippen LogP contribution < -0.4 is 4.90 Å². The van der Waals surface area contributed by atoms with Gasteiger partial charge in [-0.1, -0.05) is 32.0 Å². The fraction of sp³-hybridized carbons (Fsp3) is 0.381. The standard InChI is InChI=1S/C21H26N2O3S/c1-16-13-17(2)15-23(14-16)27(25,26)20-11-9-18(10-12-20)21(24)22(3)19-7-5-4-6-8-19/h4-12,16-17H,13-15H2,1-3H3/t16-,17-/m0/s1. The number of sulfonamides is 1. The third-order valence-corrected chi connectivity index (χ3v) is 6.87. The van der Waals surface area contributed by atoms with E-state index >= 15 is 0 Å². The van der Waals surface area contributed by atoms with Crippen LogP contribution in [-0.4, -0.2) is 38.8 Å². The predicted molar refractivity (Wildman–Crippen MR) is 107 cm³/mol. The molecule has 0 unspecified atom stereocenters. The van der Waals surface area contributed by atoms with E-state index in [0.717, 1.165) is 12.1 Å². The number of para-hydroxylation sites is 1. The number of anilines is 1. The van der Waals surface area contributed by atoms with E-state index in [4.69, 9.17) is 0 Å². The maximum atomic E-state index is 12.9. The Morgan fingerprint density at radius 2 is 1.52 bits per heavy atom. The molecule has 2 aromatic carbocycles. The first kappa shape index (κ1) is 19.6. The normalized spacial score (nSPS) is 21.0. The molecule has 5 nitrogen and oxygen atoms in total. The van der Waals surface area contributed by atoms with Gasteiger partial charge >= 0.3 is 0 Å². The van der Waals surface area contributed by atoms with E-state index in [1.165, 1.54) is 12.1 Å². The van der Waals surface area contributed by atoms with E-state index in [2.05, 4.69) is 13.8 Å². The summed E-state index contributed by atoms with van der Waals surface area (Å²) in [5.41, 5.74) is 1.25. The van der Waals surface area contributed by atoms with Crippen LogP contribution in [0.1, 0.15) is 30.6 Å². The first-order valence-electron chi connectivity index (χ1n) is 9.22. The highest BCUT2D eigenvalue weighted by Gasteiger charge is 2.31. The van der Waals surface area contributed by atoms with Gasteiger partial charge in [-0.05, 0) is 54.7 Å². The Kier molecular flexibility index (Phi) is 5.67. The molecule has 27 heavy (non-hydrogen) atoms. The molecule has 0 bridgehead atoms. The van der Waals surface area contributed by atoms with Gasteiger partial charge < -0.3 is 4.90 Å². The van der Waals surface area contributed by atoms with Gasteiger partial charge in [0.2, 0.25) is 10.0 Å². The van der Waals surface area contributed by atoms with Crippen molar-refractivity contribution in [1.29, 1.82) is 0 Å².